The van der Waals surface area contributed by atoms with Gasteiger partial charge in [-0.15, -0.1) is 24.5 Å². The summed E-state index contributed by atoms with van der Waals surface area (Å²) in [6.45, 7) is 0. The number of sulfonamides is 1. The molecular weight excluding hydrogens is 576 g/mol. The molecule has 0 saturated heterocycles. The Morgan fingerprint density at radius 2 is 1.70 bits per heavy atom. The van der Waals surface area contributed by atoms with Crippen LogP contribution in [-0.2, 0) is 10.0 Å². The molecule has 0 aliphatic rings. The van der Waals surface area contributed by atoms with E-state index in [1.165, 1.54) is 36.4 Å². The summed E-state index contributed by atoms with van der Waals surface area (Å²) >= 11 is 13.4. The number of hydrogen-bond acceptors (Lipinski definition) is 6. The second kappa shape index (κ2) is 10.3. The summed E-state index contributed by atoms with van der Waals surface area (Å²) in [5.41, 5.74) is 0.452. The minimum absolute atomic E-state index is 0.0567. The molecule has 1 amide bonds. The molecule has 7 nitrogen and oxygen atoms in total. The normalized spacial score (nSPS) is 11.8. The minimum Gasteiger partial charge on any atom is -0.457 e. The predicted molar refractivity (Wildman–Crippen MR) is 138 cm³/mol. The van der Waals surface area contributed by atoms with E-state index < -0.39 is 28.0 Å². The van der Waals surface area contributed by atoms with Crippen molar-refractivity contribution in [2.24, 2.45) is 0 Å². The molecule has 0 aliphatic heterocycles. The first-order chi connectivity index (χ1) is 17.2. The van der Waals surface area contributed by atoms with Crippen LogP contribution in [0.25, 0.3) is 10.1 Å². The summed E-state index contributed by atoms with van der Waals surface area (Å²) in [4.78, 5) is 13.2. The van der Waals surface area contributed by atoms with Gasteiger partial charge in [-0.2, -0.15) is 0 Å². The molecule has 0 fully saturated rings. The van der Waals surface area contributed by atoms with Crippen LogP contribution in [-0.4, -0.2) is 26.9 Å². The average Bonchev–Trinajstić information content (AvgIpc) is 3.14. The fourth-order valence-electron chi connectivity index (χ4n) is 3.21. The van der Waals surface area contributed by atoms with Crippen LogP contribution in [0.1, 0.15) is 9.67 Å². The number of nitrogens with one attached hydrogen (secondary N) is 2. The molecule has 0 aliphatic carbocycles. The van der Waals surface area contributed by atoms with Crippen molar-refractivity contribution >= 4 is 71.9 Å². The number of carbonyl (C=O) groups is 1. The van der Waals surface area contributed by atoms with E-state index in [2.05, 4.69) is 14.8 Å². The molecule has 37 heavy (non-hydrogen) atoms. The van der Waals surface area contributed by atoms with Crippen molar-refractivity contribution in [1.82, 2.24) is 0 Å². The Balaban J connectivity index is 1.53. The van der Waals surface area contributed by atoms with Gasteiger partial charge in [0.25, 0.3) is 5.91 Å². The quantitative estimate of drug-likeness (QED) is 0.232. The summed E-state index contributed by atoms with van der Waals surface area (Å²) in [6.07, 6.45) is -3.86. The van der Waals surface area contributed by atoms with Gasteiger partial charge in [-0.05, 0) is 47.9 Å². The molecule has 3 aromatic carbocycles. The number of halogens is 5. The van der Waals surface area contributed by atoms with E-state index in [0.29, 0.717) is 15.0 Å². The Hall–Kier alpha value is -3.19. The minimum atomic E-state index is -4.85. The first-order valence-corrected chi connectivity index (χ1v) is 13.6. The lowest BCUT2D eigenvalue weighted by molar-refractivity contribution is -0.274. The van der Waals surface area contributed by atoms with E-state index >= 15 is 0 Å². The summed E-state index contributed by atoms with van der Waals surface area (Å²) in [6, 6.07) is 13.9. The highest BCUT2D eigenvalue weighted by Crippen LogP contribution is 2.35. The fourth-order valence-corrected chi connectivity index (χ4v) is 5.31. The van der Waals surface area contributed by atoms with Crippen molar-refractivity contribution in [2.75, 3.05) is 16.3 Å². The van der Waals surface area contributed by atoms with E-state index in [1.807, 2.05) is 0 Å². The molecule has 0 radical (unpaired) electrons. The number of anilines is 2. The van der Waals surface area contributed by atoms with Gasteiger partial charge in [0.15, 0.2) is 0 Å². The van der Waals surface area contributed by atoms with Crippen LogP contribution in [0.2, 0.25) is 10.0 Å². The van der Waals surface area contributed by atoms with Crippen molar-refractivity contribution in [3.8, 4) is 17.2 Å². The lowest BCUT2D eigenvalue weighted by atomic mass is 10.2. The number of alkyl halides is 3. The molecule has 1 aromatic heterocycles. The third-order valence-corrected chi connectivity index (χ3v) is 6.75. The van der Waals surface area contributed by atoms with Crippen LogP contribution in [0.3, 0.4) is 0 Å². The summed E-state index contributed by atoms with van der Waals surface area (Å²) in [5.74, 6) is -0.725. The Morgan fingerprint density at radius 3 is 2.41 bits per heavy atom. The van der Waals surface area contributed by atoms with Gasteiger partial charge >= 0.3 is 6.36 Å². The number of thiophene rings is 1. The van der Waals surface area contributed by atoms with Crippen LogP contribution in [0, 0.1) is 0 Å². The third kappa shape index (κ3) is 7.41. The Bertz CT molecular complexity index is 1610. The highest BCUT2D eigenvalue weighted by atomic mass is 35.5. The second-order valence-corrected chi connectivity index (χ2v) is 11.3. The van der Waals surface area contributed by atoms with E-state index in [9.17, 15) is 26.4 Å². The number of benzene rings is 3. The third-order valence-electron chi connectivity index (χ3n) is 4.53. The molecule has 0 atom stereocenters. The zero-order chi connectivity index (χ0) is 27.0. The summed E-state index contributed by atoms with van der Waals surface area (Å²) < 4.78 is 73.0. The SMILES string of the molecule is CS(=O)(=O)Nc1cc2cc(C(=O)Nc3cc(Cl)cc(Oc4cccc(OC(F)(F)F)c4)c3)sc2cc1Cl. The lowest BCUT2D eigenvalue weighted by Gasteiger charge is -2.12. The predicted octanol–water partition coefficient (Wildman–Crippen LogP) is 7.52. The van der Waals surface area contributed by atoms with Crippen molar-refractivity contribution in [3.63, 3.8) is 0 Å². The van der Waals surface area contributed by atoms with Crippen LogP contribution in [0.15, 0.2) is 60.7 Å². The van der Waals surface area contributed by atoms with Gasteiger partial charge in [0.1, 0.15) is 17.2 Å². The molecule has 0 saturated carbocycles. The second-order valence-electron chi connectivity index (χ2n) is 7.61. The number of fused-ring (bicyclic) bond motifs is 1. The van der Waals surface area contributed by atoms with Gasteiger partial charge in [-0.1, -0.05) is 29.3 Å². The van der Waals surface area contributed by atoms with Gasteiger partial charge in [0, 0.05) is 27.5 Å². The zero-order valence-electron chi connectivity index (χ0n) is 18.5. The number of hydrogen-bond donors (Lipinski definition) is 2. The highest BCUT2D eigenvalue weighted by molar-refractivity contribution is 7.92. The maximum atomic E-state index is 12.9. The summed E-state index contributed by atoms with van der Waals surface area (Å²) in [7, 11) is -3.55. The van der Waals surface area contributed by atoms with Crippen LogP contribution in [0.5, 0.6) is 17.2 Å². The Kier molecular flexibility index (Phi) is 7.47. The molecule has 2 N–H and O–H groups in total. The van der Waals surface area contributed by atoms with E-state index in [0.717, 1.165) is 29.7 Å². The molecule has 4 aromatic rings. The molecule has 194 valence electrons. The Morgan fingerprint density at radius 1 is 0.973 bits per heavy atom. The zero-order valence-corrected chi connectivity index (χ0v) is 21.7. The van der Waals surface area contributed by atoms with Crippen molar-refractivity contribution in [1.29, 1.82) is 0 Å². The van der Waals surface area contributed by atoms with E-state index in [-0.39, 0.29) is 32.9 Å². The molecule has 0 bridgehead atoms. The van der Waals surface area contributed by atoms with Crippen LogP contribution in [0.4, 0.5) is 24.5 Å². The van der Waals surface area contributed by atoms with E-state index in [1.54, 1.807) is 12.1 Å². The molecule has 1 heterocycles. The molecular formula is C23H15Cl2F3N2O5S2. The monoisotopic (exact) mass is 590 g/mol. The molecule has 0 unspecified atom stereocenters. The van der Waals surface area contributed by atoms with Crippen LogP contribution >= 0.6 is 34.5 Å². The van der Waals surface area contributed by atoms with Crippen molar-refractivity contribution in [2.45, 2.75) is 6.36 Å². The van der Waals surface area contributed by atoms with Crippen LogP contribution < -0.4 is 19.5 Å². The largest absolute Gasteiger partial charge is 0.573 e. The fraction of sp³-hybridized carbons (Fsp3) is 0.0870. The maximum Gasteiger partial charge on any atom is 0.573 e. The van der Waals surface area contributed by atoms with Gasteiger partial charge in [-0.3, -0.25) is 9.52 Å². The highest BCUT2D eigenvalue weighted by Gasteiger charge is 2.31. The number of rotatable bonds is 7. The average molecular weight is 591 g/mol. The van der Waals surface area contributed by atoms with Gasteiger partial charge < -0.3 is 14.8 Å². The van der Waals surface area contributed by atoms with Gasteiger partial charge in [0.2, 0.25) is 10.0 Å². The number of amides is 1. The molecule has 4 rings (SSSR count). The number of ether oxygens (including phenoxy) is 2. The van der Waals surface area contributed by atoms with Gasteiger partial charge in [0.05, 0.1) is 21.8 Å². The first kappa shape index (κ1) is 26.9. The summed E-state index contributed by atoms with van der Waals surface area (Å²) in [5, 5.41) is 3.66. The van der Waals surface area contributed by atoms with E-state index in [4.69, 9.17) is 27.9 Å². The first-order valence-electron chi connectivity index (χ1n) is 10.1. The number of carbonyl (C=O) groups excluding carboxylic acids is 1. The van der Waals surface area contributed by atoms with Gasteiger partial charge in [-0.25, -0.2) is 8.42 Å². The Labute approximate surface area is 222 Å². The topological polar surface area (TPSA) is 93.7 Å². The molecule has 14 heteroatoms. The molecule has 0 spiro atoms. The maximum absolute atomic E-state index is 12.9. The van der Waals surface area contributed by atoms with Crippen molar-refractivity contribution in [3.05, 3.63) is 75.6 Å². The smallest absolute Gasteiger partial charge is 0.457 e. The van der Waals surface area contributed by atoms with Crippen molar-refractivity contribution < 1.29 is 35.9 Å². The standard InChI is InChI=1S/C23H15Cl2F3N2O5S2/c1-37(32,33)30-19-5-12-6-21(36-20(12)11-18(19)25)22(31)29-14-7-13(24)8-17(9-14)34-15-3-2-4-16(10-15)35-23(26,27)28/h2-11,30H,1H3,(H,29,31). The lowest BCUT2D eigenvalue weighted by Crippen LogP contribution is -2.17.